The zero-order chi connectivity index (χ0) is 19.8. The molecule has 0 spiro atoms. The number of esters is 1. The van der Waals surface area contributed by atoms with Crippen molar-refractivity contribution in [3.05, 3.63) is 58.1 Å². The summed E-state index contributed by atoms with van der Waals surface area (Å²) < 4.78 is 10.6. The minimum atomic E-state index is -0.523. The largest absolute Gasteiger partial charge is 0.482 e. The average Bonchev–Trinajstić information content (AvgIpc) is 2.66. The van der Waals surface area contributed by atoms with E-state index < -0.39 is 11.9 Å². The van der Waals surface area contributed by atoms with Crippen LogP contribution in [0, 0.1) is 6.92 Å². The second-order valence-electron chi connectivity index (χ2n) is 5.58. The number of anilines is 1. The van der Waals surface area contributed by atoms with Gasteiger partial charge in [0.15, 0.2) is 6.61 Å². The third-order valence-electron chi connectivity index (χ3n) is 3.55. The monoisotopic (exact) mass is 434 g/mol. The summed E-state index contributed by atoms with van der Waals surface area (Å²) >= 11 is 3.36. The first-order chi connectivity index (χ1) is 12.9. The molecule has 142 valence electrons. The van der Waals surface area contributed by atoms with Crippen LogP contribution in [0.3, 0.4) is 0 Å². The number of hydrogen-bond acceptors (Lipinski definition) is 5. The Balaban J connectivity index is 1.89. The predicted octanol–water partition coefficient (Wildman–Crippen LogP) is 2.68. The van der Waals surface area contributed by atoms with Gasteiger partial charge in [-0.1, -0.05) is 22.0 Å². The molecule has 2 N–H and O–H groups in total. The molecule has 0 atom stereocenters. The molecule has 8 heteroatoms. The molecule has 0 aromatic heterocycles. The Morgan fingerprint density at radius 1 is 1.11 bits per heavy atom. The van der Waals surface area contributed by atoms with Crippen LogP contribution < -0.4 is 15.4 Å². The molecular formula is C19H19BrN2O5. The fourth-order valence-electron chi connectivity index (χ4n) is 2.15. The maximum Gasteiger partial charge on any atom is 0.343 e. The van der Waals surface area contributed by atoms with Gasteiger partial charge in [0.25, 0.3) is 5.91 Å². The van der Waals surface area contributed by atoms with Crippen molar-refractivity contribution >= 4 is 39.4 Å². The van der Waals surface area contributed by atoms with E-state index in [4.69, 9.17) is 4.74 Å². The van der Waals surface area contributed by atoms with Crippen molar-refractivity contribution in [1.82, 2.24) is 5.32 Å². The smallest absolute Gasteiger partial charge is 0.343 e. The van der Waals surface area contributed by atoms with E-state index in [1.807, 2.05) is 19.1 Å². The summed E-state index contributed by atoms with van der Waals surface area (Å²) in [7, 11) is 1.26. The van der Waals surface area contributed by atoms with Crippen LogP contribution >= 0.6 is 15.9 Å². The maximum atomic E-state index is 12.2. The van der Waals surface area contributed by atoms with E-state index in [2.05, 4.69) is 31.3 Å². The first kappa shape index (κ1) is 20.4. The van der Waals surface area contributed by atoms with Gasteiger partial charge in [0.1, 0.15) is 5.75 Å². The quantitative estimate of drug-likeness (QED) is 0.653. The molecule has 0 heterocycles. The Hall–Kier alpha value is -2.87. The molecule has 0 saturated heterocycles. The number of methoxy groups -OCH3 is 1. The number of carbonyl (C=O) groups excluding carboxylic acids is 3. The van der Waals surface area contributed by atoms with E-state index in [0.29, 0.717) is 17.0 Å². The highest BCUT2D eigenvalue weighted by atomic mass is 79.9. The molecule has 0 aliphatic rings. The lowest BCUT2D eigenvalue weighted by Gasteiger charge is -2.10. The number of nitrogens with one attached hydrogen (secondary N) is 2. The number of hydrogen-bond donors (Lipinski definition) is 2. The van der Waals surface area contributed by atoms with Crippen molar-refractivity contribution in [1.29, 1.82) is 0 Å². The summed E-state index contributed by atoms with van der Waals surface area (Å²) in [6, 6.07) is 11.8. The molecule has 0 saturated carbocycles. The summed E-state index contributed by atoms with van der Waals surface area (Å²) in [6.07, 6.45) is 0. The van der Waals surface area contributed by atoms with E-state index in [1.165, 1.54) is 13.2 Å². The van der Waals surface area contributed by atoms with E-state index in [9.17, 15) is 14.4 Å². The fourth-order valence-corrected chi connectivity index (χ4v) is 2.63. The minimum Gasteiger partial charge on any atom is -0.482 e. The van der Waals surface area contributed by atoms with Crippen LogP contribution in [0.25, 0.3) is 0 Å². The third kappa shape index (κ3) is 6.41. The van der Waals surface area contributed by atoms with Gasteiger partial charge >= 0.3 is 5.97 Å². The number of benzene rings is 2. The first-order valence-corrected chi connectivity index (χ1v) is 8.82. The Morgan fingerprint density at radius 2 is 1.89 bits per heavy atom. The van der Waals surface area contributed by atoms with Crippen LogP contribution in [0.2, 0.25) is 0 Å². The molecule has 0 fully saturated rings. The lowest BCUT2D eigenvalue weighted by Crippen LogP contribution is -2.33. The molecule has 2 aromatic rings. The third-order valence-corrected chi connectivity index (χ3v) is 4.05. The van der Waals surface area contributed by atoms with Gasteiger partial charge < -0.3 is 20.1 Å². The Bertz CT molecular complexity index is 854. The topological polar surface area (TPSA) is 93.7 Å². The van der Waals surface area contributed by atoms with Crippen molar-refractivity contribution in [2.45, 2.75) is 6.92 Å². The SMILES string of the molecule is COC(=O)COc1cccc(C(=O)NCC(=O)Nc2ccc(Br)cc2C)c1. The van der Waals surface area contributed by atoms with Crippen LogP contribution in [-0.4, -0.2) is 38.0 Å². The summed E-state index contributed by atoms with van der Waals surface area (Å²) in [5.74, 6) is -0.944. The number of amides is 2. The van der Waals surface area contributed by atoms with Crippen molar-refractivity contribution in [2.24, 2.45) is 0 Å². The summed E-state index contributed by atoms with van der Waals surface area (Å²) in [5.41, 5.74) is 1.89. The number of halogens is 1. The standard InChI is InChI=1S/C19H19BrN2O5/c1-12-8-14(20)6-7-16(12)22-17(23)10-21-19(25)13-4-3-5-15(9-13)27-11-18(24)26-2/h3-9H,10-11H2,1-2H3,(H,21,25)(H,22,23). The van der Waals surface area contributed by atoms with E-state index in [1.54, 1.807) is 24.3 Å². The van der Waals surface area contributed by atoms with Crippen LogP contribution in [0.5, 0.6) is 5.75 Å². The van der Waals surface area contributed by atoms with Crippen molar-refractivity contribution < 1.29 is 23.9 Å². The van der Waals surface area contributed by atoms with Crippen molar-refractivity contribution in [2.75, 3.05) is 25.6 Å². The molecule has 0 aliphatic heterocycles. The van der Waals surface area contributed by atoms with Crippen molar-refractivity contribution in [3.8, 4) is 5.75 Å². The van der Waals surface area contributed by atoms with Gasteiger partial charge in [0.05, 0.1) is 13.7 Å². The number of carbonyl (C=O) groups is 3. The first-order valence-electron chi connectivity index (χ1n) is 8.03. The lowest BCUT2D eigenvalue weighted by molar-refractivity contribution is -0.142. The fraction of sp³-hybridized carbons (Fsp3) is 0.211. The van der Waals surface area contributed by atoms with Crippen LogP contribution in [0.4, 0.5) is 5.69 Å². The summed E-state index contributed by atoms with van der Waals surface area (Å²) in [6.45, 7) is 1.44. The number of aryl methyl sites for hydroxylation is 1. The van der Waals surface area contributed by atoms with Gasteiger partial charge in [0, 0.05) is 15.7 Å². The van der Waals surface area contributed by atoms with Gasteiger partial charge in [-0.05, 0) is 48.9 Å². The van der Waals surface area contributed by atoms with Gasteiger partial charge in [-0.3, -0.25) is 9.59 Å². The molecule has 0 unspecified atom stereocenters. The maximum absolute atomic E-state index is 12.2. The van der Waals surface area contributed by atoms with Crippen LogP contribution in [0.1, 0.15) is 15.9 Å². The van der Waals surface area contributed by atoms with E-state index in [0.717, 1.165) is 10.0 Å². The second-order valence-corrected chi connectivity index (χ2v) is 6.50. The van der Waals surface area contributed by atoms with Gasteiger partial charge in [-0.2, -0.15) is 0 Å². The average molecular weight is 435 g/mol. The van der Waals surface area contributed by atoms with Crippen molar-refractivity contribution in [3.63, 3.8) is 0 Å². The zero-order valence-corrected chi connectivity index (χ0v) is 16.5. The van der Waals surface area contributed by atoms with Crippen LogP contribution in [-0.2, 0) is 14.3 Å². The molecule has 0 bridgehead atoms. The molecule has 2 aromatic carbocycles. The second kappa shape index (κ2) is 9.72. The van der Waals surface area contributed by atoms with Gasteiger partial charge in [0.2, 0.25) is 5.91 Å². The molecule has 27 heavy (non-hydrogen) atoms. The molecule has 0 radical (unpaired) electrons. The summed E-state index contributed by atoms with van der Waals surface area (Å²) in [4.78, 5) is 35.4. The lowest BCUT2D eigenvalue weighted by atomic mass is 10.2. The van der Waals surface area contributed by atoms with Crippen LogP contribution in [0.15, 0.2) is 46.9 Å². The Labute approximate surface area is 165 Å². The molecular weight excluding hydrogens is 416 g/mol. The zero-order valence-electron chi connectivity index (χ0n) is 14.9. The van der Waals surface area contributed by atoms with Gasteiger partial charge in [-0.15, -0.1) is 0 Å². The highest BCUT2D eigenvalue weighted by molar-refractivity contribution is 9.10. The predicted molar refractivity (Wildman–Crippen MR) is 104 cm³/mol. The molecule has 7 nitrogen and oxygen atoms in total. The highest BCUT2D eigenvalue weighted by Gasteiger charge is 2.11. The molecule has 0 aliphatic carbocycles. The minimum absolute atomic E-state index is 0.179. The molecule has 2 amide bonds. The van der Waals surface area contributed by atoms with E-state index in [-0.39, 0.29) is 19.1 Å². The number of ether oxygens (including phenoxy) is 2. The Morgan fingerprint density at radius 3 is 2.59 bits per heavy atom. The normalized spacial score (nSPS) is 10.0. The highest BCUT2D eigenvalue weighted by Crippen LogP contribution is 2.19. The summed E-state index contributed by atoms with van der Waals surface area (Å²) in [5, 5.41) is 5.29. The Kier molecular flexibility index (Phi) is 7.36. The molecule has 2 rings (SSSR count). The van der Waals surface area contributed by atoms with E-state index >= 15 is 0 Å². The van der Waals surface area contributed by atoms with Gasteiger partial charge in [-0.25, -0.2) is 4.79 Å². The number of rotatable bonds is 7.